The highest BCUT2D eigenvalue weighted by Crippen LogP contribution is 2.10. The maximum absolute atomic E-state index is 9.10. The SMILES string of the molecule is CNC(C)N1CCCCC1.CNC(C)N1CCCCC1.O=C(O)C(=O)O. The summed E-state index contributed by atoms with van der Waals surface area (Å²) in [6.07, 6.45) is 9.51. The molecular weight excluding hydrogens is 336 g/mol. The Bertz CT molecular complexity index is 347. The molecule has 0 aromatic heterocycles. The largest absolute Gasteiger partial charge is 0.473 e. The van der Waals surface area contributed by atoms with E-state index in [0.29, 0.717) is 12.3 Å². The minimum Gasteiger partial charge on any atom is -0.473 e. The third kappa shape index (κ3) is 11.4. The van der Waals surface area contributed by atoms with E-state index in [0.717, 1.165) is 0 Å². The quantitative estimate of drug-likeness (QED) is 0.545. The normalized spacial score (nSPS) is 20.6. The van der Waals surface area contributed by atoms with Crippen molar-refractivity contribution in [3.63, 3.8) is 0 Å². The van der Waals surface area contributed by atoms with Crippen molar-refractivity contribution in [3.8, 4) is 0 Å². The molecule has 0 spiro atoms. The zero-order chi connectivity index (χ0) is 19.9. The minimum atomic E-state index is -1.82. The first-order valence-electron chi connectivity index (χ1n) is 9.62. The molecule has 0 saturated carbocycles. The third-order valence-corrected chi connectivity index (χ3v) is 4.90. The molecule has 8 nitrogen and oxygen atoms in total. The van der Waals surface area contributed by atoms with Crippen molar-refractivity contribution in [1.82, 2.24) is 20.4 Å². The lowest BCUT2D eigenvalue weighted by atomic mass is 10.1. The van der Waals surface area contributed by atoms with Gasteiger partial charge in [0, 0.05) is 0 Å². The standard InChI is InChI=1S/2C8H18N2.C2H2O4/c2*1-8(9-2)10-6-4-3-5-7-10;3-1(4)2(5)6/h2*8-9H,3-7H2,1-2H3;(H,3,4)(H,5,6). The van der Waals surface area contributed by atoms with Gasteiger partial charge < -0.3 is 20.8 Å². The fourth-order valence-corrected chi connectivity index (χ4v) is 2.98. The molecule has 2 atom stereocenters. The number of hydrogen-bond donors (Lipinski definition) is 4. The van der Waals surface area contributed by atoms with Gasteiger partial charge in [-0.1, -0.05) is 12.8 Å². The summed E-state index contributed by atoms with van der Waals surface area (Å²) in [6.45, 7) is 9.57. The molecule has 2 saturated heterocycles. The van der Waals surface area contributed by atoms with Gasteiger partial charge in [0.1, 0.15) is 0 Å². The van der Waals surface area contributed by atoms with E-state index in [4.69, 9.17) is 19.8 Å². The van der Waals surface area contributed by atoms with Gasteiger partial charge in [0.05, 0.1) is 12.3 Å². The van der Waals surface area contributed by atoms with Crippen molar-refractivity contribution in [3.05, 3.63) is 0 Å². The average Bonchev–Trinajstić information content (AvgIpc) is 2.69. The van der Waals surface area contributed by atoms with Gasteiger partial charge >= 0.3 is 11.9 Å². The Hall–Kier alpha value is -1.22. The summed E-state index contributed by atoms with van der Waals surface area (Å²) in [5, 5.41) is 21.3. The summed E-state index contributed by atoms with van der Waals surface area (Å²) >= 11 is 0. The van der Waals surface area contributed by atoms with E-state index in [1.54, 1.807) is 0 Å². The number of carboxylic acids is 2. The van der Waals surface area contributed by atoms with Gasteiger partial charge in [0.15, 0.2) is 0 Å². The first kappa shape index (κ1) is 24.8. The van der Waals surface area contributed by atoms with Crippen LogP contribution >= 0.6 is 0 Å². The second-order valence-electron chi connectivity index (χ2n) is 6.73. The van der Waals surface area contributed by atoms with Crippen LogP contribution in [0.15, 0.2) is 0 Å². The highest BCUT2D eigenvalue weighted by molar-refractivity contribution is 6.27. The number of aliphatic carboxylic acids is 2. The second kappa shape index (κ2) is 14.9. The number of piperidine rings is 2. The molecule has 0 radical (unpaired) electrons. The van der Waals surface area contributed by atoms with Gasteiger partial charge in [-0.25, -0.2) is 9.59 Å². The lowest BCUT2D eigenvalue weighted by Crippen LogP contribution is -2.44. The molecule has 0 bridgehead atoms. The van der Waals surface area contributed by atoms with Crippen LogP contribution < -0.4 is 10.6 Å². The first-order chi connectivity index (χ1) is 12.3. The molecule has 26 heavy (non-hydrogen) atoms. The number of nitrogens with zero attached hydrogens (tertiary/aromatic N) is 2. The van der Waals surface area contributed by atoms with Crippen LogP contribution in [-0.4, -0.2) is 84.6 Å². The number of carbonyl (C=O) groups is 2. The summed E-state index contributed by atoms with van der Waals surface area (Å²) in [5.74, 6) is -3.65. The number of rotatable bonds is 4. The Labute approximate surface area is 157 Å². The molecule has 2 rings (SSSR count). The van der Waals surface area contributed by atoms with Crippen LogP contribution in [0.4, 0.5) is 0 Å². The molecular formula is C18H38N4O4. The van der Waals surface area contributed by atoms with Crippen LogP contribution in [0.1, 0.15) is 52.4 Å². The molecule has 2 fully saturated rings. The van der Waals surface area contributed by atoms with E-state index in [2.05, 4.69) is 34.3 Å². The topological polar surface area (TPSA) is 105 Å². The van der Waals surface area contributed by atoms with Gasteiger partial charge in [-0.15, -0.1) is 0 Å². The van der Waals surface area contributed by atoms with Gasteiger partial charge in [-0.2, -0.15) is 0 Å². The van der Waals surface area contributed by atoms with E-state index in [1.807, 2.05) is 14.1 Å². The molecule has 0 aliphatic carbocycles. The molecule has 2 aliphatic rings. The molecule has 154 valence electrons. The number of carboxylic acid groups (broad SMARTS) is 2. The Kier molecular flexibility index (Phi) is 14.2. The van der Waals surface area contributed by atoms with Gasteiger partial charge in [0.2, 0.25) is 0 Å². The Morgan fingerprint density at radius 1 is 0.692 bits per heavy atom. The molecule has 0 aromatic rings. The van der Waals surface area contributed by atoms with E-state index >= 15 is 0 Å². The number of nitrogens with one attached hydrogen (secondary N) is 2. The second-order valence-corrected chi connectivity index (χ2v) is 6.73. The highest BCUT2D eigenvalue weighted by atomic mass is 16.4. The summed E-state index contributed by atoms with van der Waals surface area (Å²) in [7, 11) is 4.05. The van der Waals surface area contributed by atoms with Crippen molar-refractivity contribution in [2.75, 3.05) is 40.3 Å². The molecule has 4 N–H and O–H groups in total. The van der Waals surface area contributed by atoms with Gasteiger partial charge in [0.25, 0.3) is 0 Å². The Balaban J connectivity index is 0.000000375. The predicted molar refractivity (Wildman–Crippen MR) is 103 cm³/mol. The minimum absolute atomic E-state index is 0.570. The van der Waals surface area contributed by atoms with Crippen molar-refractivity contribution in [2.45, 2.75) is 64.7 Å². The van der Waals surface area contributed by atoms with Crippen LogP contribution in [0.2, 0.25) is 0 Å². The summed E-state index contributed by atoms with van der Waals surface area (Å²) in [4.78, 5) is 23.2. The Morgan fingerprint density at radius 2 is 0.962 bits per heavy atom. The first-order valence-corrected chi connectivity index (χ1v) is 9.62. The van der Waals surface area contributed by atoms with Crippen LogP contribution in [0.5, 0.6) is 0 Å². The monoisotopic (exact) mass is 374 g/mol. The molecule has 2 aliphatic heterocycles. The van der Waals surface area contributed by atoms with Gasteiger partial charge in [-0.3, -0.25) is 9.80 Å². The van der Waals surface area contributed by atoms with Crippen LogP contribution in [-0.2, 0) is 9.59 Å². The summed E-state index contributed by atoms with van der Waals surface area (Å²) in [5.41, 5.74) is 0. The molecule has 0 amide bonds. The molecule has 8 heteroatoms. The Morgan fingerprint density at radius 3 is 1.15 bits per heavy atom. The third-order valence-electron chi connectivity index (χ3n) is 4.90. The van der Waals surface area contributed by atoms with Gasteiger partial charge in [-0.05, 0) is 79.8 Å². The van der Waals surface area contributed by atoms with Crippen molar-refractivity contribution < 1.29 is 19.8 Å². The van der Waals surface area contributed by atoms with Crippen molar-refractivity contribution >= 4 is 11.9 Å². The zero-order valence-corrected chi connectivity index (χ0v) is 16.8. The molecule has 2 heterocycles. The fourth-order valence-electron chi connectivity index (χ4n) is 2.98. The number of hydrogen-bond acceptors (Lipinski definition) is 6. The molecule has 0 aromatic carbocycles. The smallest absolute Gasteiger partial charge is 0.414 e. The molecule has 2 unspecified atom stereocenters. The number of likely N-dealkylation sites (tertiary alicyclic amines) is 2. The van der Waals surface area contributed by atoms with E-state index in [1.165, 1.54) is 64.7 Å². The summed E-state index contributed by atoms with van der Waals surface area (Å²) < 4.78 is 0. The maximum atomic E-state index is 9.10. The van der Waals surface area contributed by atoms with E-state index in [9.17, 15) is 0 Å². The van der Waals surface area contributed by atoms with E-state index < -0.39 is 11.9 Å². The van der Waals surface area contributed by atoms with Crippen molar-refractivity contribution in [1.29, 1.82) is 0 Å². The average molecular weight is 375 g/mol. The summed E-state index contributed by atoms with van der Waals surface area (Å²) in [6, 6.07) is 0. The van der Waals surface area contributed by atoms with Crippen molar-refractivity contribution in [2.24, 2.45) is 0 Å². The van der Waals surface area contributed by atoms with Crippen LogP contribution in [0.3, 0.4) is 0 Å². The van der Waals surface area contributed by atoms with Crippen LogP contribution in [0.25, 0.3) is 0 Å². The highest BCUT2D eigenvalue weighted by Gasteiger charge is 2.14. The lowest BCUT2D eigenvalue weighted by Gasteiger charge is -2.31. The zero-order valence-electron chi connectivity index (χ0n) is 16.8. The fraction of sp³-hybridized carbons (Fsp3) is 0.889. The lowest BCUT2D eigenvalue weighted by molar-refractivity contribution is -0.159. The van der Waals surface area contributed by atoms with E-state index in [-0.39, 0.29) is 0 Å². The predicted octanol–water partition coefficient (Wildman–Crippen LogP) is 1.23. The maximum Gasteiger partial charge on any atom is 0.414 e. The van der Waals surface area contributed by atoms with Crippen LogP contribution in [0, 0.1) is 0 Å².